The fourth-order valence-electron chi connectivity index (χ4n) is 1.68. The summed E-state index contributed by atoms with van der Waals surface area (Å²) >= 11 is 0. The lowest BCUT2D eigenvalue weighted by molar-refractivity contribution is 0.272. The maximum atomic E-state index is 12.9. The molecule has 0 aliphatic heterocycles. The number of aromatic amines is 1. The van der Waals surface area contributed by atoms with Crippen molar-refractivity contribution in [2.75, 3.05) is 0 Å². The van der Waals surface area contributed by atoms with Gasteiger partial charge in [-0.1, -0.05) is 20.8 Å². The van der Waals surface area contributed by atoms with Gasteiger partial charge in [0.2, 0.25) is 0 Å². The van der Waals surface area contributed by atoms with Crippen LogP contribution in [0.1, 0.15) is 26.5 Å². The van der Waals surface area contributed by atoms with Crippen LogP contribution in [0.3, 0.4) is 0 Å². The van der Waals surface area contributed by atoms with Crippen LogP contribution in [-0.4, -0.2) is 18.5 Å². The number of hydrogen-bond donors (Lipinski definition) is 1. The molecule has 0 unspecified atom stereocenters. The molecule has 5 heteroatoms. The van der Waals surface area contributed by atoms with Gasteiger partial charge in [-0.15, -0.1) is 0 Å². The molecule has 2 aromatic rings. The van der Waals surface area contributed by atoms with Gasteiger partial charge in [-0.05, 0) is 48.5 Å². The highest BCUT2D eigenvalue weighted by Gasteiger charge is 2.37. The van der Waals surface area contributed by atoms with E-state index in [2.05, 4.69) is 44.1 Å². The zero-order chi connectivity index (χ0) is 15.7. The van der Waals surface area contributed by atoms with E-state index in [4.69, 9.17) is 4.43 Å². The van der Waals surface area contributed by atoms with Crippen LogP contribution >= 0.6 is 0 Å². The van der Waals surface area contributed by atoms with Crippen molar-refractivity contribution in [3.05, 3.63) is 41.8 Å². The molecule has 0 bridgehead atoms. The second-order valence-corrected chi connectivity index (χ2v) is 11.6. The normalized spacial score (nSPS) is 12.7. The number of nitrogens with one attached hydrogen (secondary N) is 1. The van der Waals surface area contributed by atoms with Crippen molar-refractivity contribution in [2.45, 2.75) is 45.5 Å². The van der Waals surface area contributed by atoms with Crippen LogP contribution in [0.4, 0.5) is 4.39 Å². The molecule has 21 heavy (non-hydrogen) atoms. The third-order valence-electron chi connectivity index (χ3n) is 4.17. The topological polar surface area (TPSA) is 37.9 Å². The summed E-state index contributed by atoms with van der Waals surface area (Å²) in [6.07, 6.45) is 0. The Morgan fingerprint density at radius 2 is 1.81 bits per heavy atom. The summed E-state index contributed by atoms with van der Waals surface area (Å²) in [5, 5.41) is 7.45. The Kier molecular flexibility index (Phi) is 4.34. The fraction of sp³-hybridized carbons (Fsp3) is 0.438. The molecular weight excluding hydrogens is 283 g/mol. The summed E-state index contributed by atoms with van der Waals surface area (Å²) in [4.78, 5) is 0. The molecule has 0 aliphatic rings. The Labute approximate surface area is 126 Å². The Balaban J connectivity index is 2.06. The third-order valence-corrected chi connectivity index (χ3v) is 8.64. The summed E-state index contributed by atoms with van der Waals surface area (Å²) in [5.41, 5.74) is 2.65. The van der Waals surface area contributed by atoms with E-state index in [1.54, 1.807) is 12.1 Å². The largest absolute Gasteiger partial charge is 0.411 e. The van der Waals surface area contributed by atoms with Crippen LogP contribution < -0.4 is 0 Å². The molecule has 114 valence electrons. The number of H-pyrrole nitrogens is 1. The van der Waals surface area contributed by atoms with E-state index in [-0.39, 0.29) is 10.9 Å². The summed E-state index contributed by atoms with van der Waals surface area (Å²) < 4.78 is 19.1. The van der Waals surface area contributed by atoms with Crippen molar-refractivity contribution in [3.63, 3.8) is 0 Å². The van der Waals surface area contributed by atoms with E-state index < -0.39 is 8.32 Å². The predicted molar refractivity (Wildman–Crippen MR) is 86.0 cm³/mol. The van der Waals surface area contributed by atoms with Crippen LogP contribution in [0.5, 0.6) is 0 Å². The molecule has 0 saturated carbocycles. The molecule has 0 aliphatic carbocycles. The Bertz CT molecular complexity index is 599. The molecule has 0 radical (unpaired) electrons. The van der Waals surface area contributed by atoms with Gasteiger partial charge >= 0.3 is 0 Å². The molecule has 1 aromatic heterocycles. The Morgan fingerprint density at radius 3 is 2.38 bits per heavy atom. The highest BCUT2D eigenvalue weighted by Crippen LogP contribution is 2.37. The highest BCUT2D eigenvalue weighted by molar-refractivity contribution is 6.74. The quantitative estimate of drug-likeness (QED) is 0.829. The number of benzene rings is 1. The van der Waals surface area contributed by atoms with Gasteiger partial charge in [0.25, 0.3) is 0 Å². The van der Waals surface area contributed by atoms with Crippen molar-refractivity contribution in [1.29, 1.82) is 0 Å². The maximum Gasteiger partial charge on any atom is 0.192 e. The summed E-state index contributed by atoms with van der Waals surface area (Å²) in [5.74, 6) is -0.240. The van der Waals surface area contributed by atoms with E-state index in [0.717, 1.165) is 17.0 Å². The molecule has 3 nitrogen and oxygen atoms in total. The van der Waals surface area contributed by atoms with E-state index in [1.807, 2.05) is 6.07 Å². The predicted octanol–water partition coefficient (Wildman–Crippen LogP) is 4.74. The highest BCUT2D eigenvalue weighted by atomic mass is 28.4. The number of halogens is 1. The summed E-state index contributed by atoms with van der Waals surface area (Å²) in [7, 11) is -1.76. The van der Waals surface area contributed by atoms with Crippen LogP contribution in [0, 0.1) is 5.82 Å². The SMILES string of the molecule is CC(C)(C)[Si](C)(C)OCc1cc(-c2ccc(F)cc2)n[nH]1. The van der Waals surface area contributed by atoms with Gasteiger partial charge in [-0.25, -0.2) is 4.39 Å². The van der Waals surface area contributed by atoms with Crippen LogP contribution in [0.25, 0.3) is 11.3 Å². The minimum Gasteiger partial charge on any atom is -0.411 e. The van der Waals surface area contributed by atoms with E-state index in [0.29, 0.717) is 6.61 Å². The van der Waals surface area contributed by atoms with E-state index in [9.17, 15) is 4.39 Å². The second kappa shape index (κ2) is 5.73. The van der Waals surface area contributed by atoms with Crippen LogP contribution in [-0.2, 0) is 11.0 Å². The summed E-state index contributed by atoms with van der Waals surface area (Å²) in [6.45, 7) is 11.6. The van der Waals surface area contributed by atoms with E-state index >= 15 is 0 Å². The third kappa shape index (κ3) is 3.80. The average molecular weight is 306 g/mol. The average Bonchev–Trinajstić information content (AvgIpc) is 2.85. The minimum absolute atomic E-state index is 0.187. The number of aromatic nitrogens is 2. The fourth-order valence-corrected chi connectivity index (χ4v) is 2.63. The molecule has 1 heterocycles. The van der Waals surface area contributed by atoms with Crippen molar-refractivity contribution in [3.8, 4) is 11.3 Å². The lowest BCUT2D eigenvalue weighted by Crippen LogP contribution is -2.40. The lowest BCUT2D eigenvalue weighted by Gasteiger charge is -2.35. The minimum atomic E-state index is -1.76. The molecule has 1 N–H and O–H groups in total. The number of hydrogen-bond acceptors (Lipinski definition) is 2. The van der Waals surface area contributed by atoms with Gasteiger partial charge < -0.3 is 4.43 Å². The van der Waals surface area contributed by atoms with Crippen molar-refractivity contribution >= 4 is 8.32 Å². The second-order valence-electron chi connectivity index (χ2n) is 6.83. The molecule has 0 fully saturated rings. The zero-order valence-electron chi connectivity index (χ0n) is 13.3. The van der Waals surface area contributed by atoms with Gasteiger partial charge in [0.1, 0.15) is 5.82 Å². The summed E-state index contributed by atoms with van der Waals surface area (Å²) in [6, 6.07) is 8.29. The molecule has 0 spiro atoms. The van der Waals surface area contributed by atoms with Crippen LogP contribution in [0.2, 0.25) is 18.1 Å². The zero-order valence-corrected chi connectivity index (χ0v) is 14.3. The van der Waals surface area contributed by atoms with Gasteiger partial charge in [-0.2, -0.15) is 5.10 Å². The smallest absolute Gasteiger partial charge is 0.192 e. The monoisotopic (exact) mass is 306 g/mol. The van der Waals surface area contributed by atoms with Gasteiger partial charge in [-0.3, -0.25) is 5.10 Å². The molecular formula is C16H23FN2OSi. The first-order chi connectivity index (χ1) is 9.69. The molecule has 0 amide bonds. The molecule has 1 aromatic carbocycles. The maximum absolute atomic E-state index is 12.9. The van der Waals surface area contributed by atoms with Gasteiger partial charge in [0, 0.05) is 5.56 Å². The number of rotatable bonds is 4. The first-order valence-corrected chi connectivity index (χ1v) is 10.0. The van der Waals surface area contributed by atoms with Crippen molar-refractivity contribution in [1.82, 2.24) is 10.2 Å². The first-order valence-electron chi connectivity index (χ1n) is 7.13. The first kappa shape index (κ1) is 15.9. The molecule has 2 rings (SSSR count). The standard InChI is InChI=1S/C16H23FN2OSi/c1-16(2,3)21(4,5)20-11-14-10-15(19-18-14)12-6-8-13(17)9-7-12/h6-10H,11H2,1-5H3,(H,18,19). The molecule has 0 atom stereocenters. The van der Waals surface area contributed by atoms with Gasteiger partial charge in [0.15, 0.2) is 8.32 Å². The van der Waals surface area contributed by atoms with Crippen molar-refractivity contribution < 1.29 is 8.82 Å². The lowest BCUT2D eigenvalue weighted by atomic mass is 10.1. The van der Waals surface area contributed by atoms with E-state index in [1.165, 1.54) is 12.1 Å². The Hall–Kier alpha value is -1.46. The van der Waals surface area contributed by atoms with Crippen LogP contribution in [0.15, 0.2) is 30.3 Å². The van der Waals surface area contributed by atoms with Gasteiger partial charge in [0.05, 0.1) is 18.0 Å². The number of nitrogens with zero attached hydrogens (tertiary/aromatic N) is 1. The Morgan fingerprint density at radius 1 is 1.19 bits per heavy atom. The molecule has 0 saturated heterocycles. The van der Waals surface area contributed by atoms with Crippen molar-refractivity contribution in [2.24, 2.45) is 0 Å².